The molecule has 168 valence electrons. The first-order chi connectivity index (χ1) is 13.6. The maximum atomic E-state index is 13.0. The van der Waals surface area contributed by atoms with Crippen LogP contribution in [0.1, 0.15) is 66.2 Å². The topological polar surface area (TPSA) is 105 Å². The number of methoxy groups -OCH3 is 1. The molecule has 8 nitrogen and oxygen atoms in total. The molecule has 0 spiro atoms. The molecule has 1 heterocycles. The molecule has 0 aromatic carbocycles. The number of carbonyl (C=O) groups excluding carboxylic acids is 3. The van der Waals surface area contributed by atoms with E-state index in [2.05, 4.69) is 25.4 Å². The third-order valence-corrected chi connectivity index (χ3v) is 4.37. The highest BCUT2D eigenvalue weighted by Crippen LogP contribution is 2.21. The Balaban J connectivity index is 0.00000379. The number of aliphatic hydroxyl groups is 1. The molecule has 2 N–H and O–H groups in total. The van der Waals surface area contributed by atoms with Crippen LogP contribution in [0.15, 0.2) is 13.2 Å². The zero-order valence-electron chi connectivity index (χ0n) is 18.5. The minimum atomic E-state index is -0.837. The minimum absolute atomic E-state index is 0.0417. The summed E-state index contributed by atoms with van der Waals surface area (Å²) in [5.41, 5.74) is -0.682. The average molecular weight is 415 g/mol. The standard InChI is InChI=1S/C19H34N2O6.C2H4/c1-6-7-8-9-10-14(20-18(25)27-19(2,3)4)16(23)21-12-13(22)11-15(21)17(24)26-5;1-2/h13-15,22H,6-12H2,1-5H3,(H,20,25);1-2H2/t13?,14-,15?;/m0./s1. The Morgan fingerprint density at radius 1 is 1.21 bits per heavy atom. The van der Waals surface area contributed by atoms with Crippen LogP contribution < -0.4 is 5.32 Å². The molecule has 0 radical (unpaired) electrons. The van der Waals surface area contributed by atoms with Crippen LogP contribution in [0.4, 0.5) is 4.79 Å². The molecule has 2 unspecified atom stereocenters. The zero-order valence-corrected chi connectivity index (χ0v) is 18.5. The first-order valence-corrected chi connectivity index (χ1v) is 10.1. The molecular weight excluding hydrogens is 376 g/mol. The number of aliphatic hydroxyl groups excluding tert-OH is 1. The van der Waals surface area contributed by atoms with Crippen LogP contribution in [0.25, 0.3) is 0 Å². The maximum Gasteiger partial charge on any atom is 0.408 e. The van der Waals surface area contributed by atoms with Crippen LogP contribution in [-0.2, 0) is 19.1 Å². The van der Waals surface area contributed by atoms with Gasteiger partial charge < -0.3 is 24.8 Å². The van der Waals surface area contributed by atoms with Gasteiger partial charge in [0, 0.05) is 13.0 Å². The van der Waals surface area contributed by atoms with Crippen molar-refractivity contribution in [2.45, 2.75) is 90.0 Å². The van der Waals surface area contributed by atoms with Gasteiger partial charge >= 0.3 is 12.1 Å². The van der Waals surface area contributed by atoms with E-state index < -0.39 is 41.8 Å². The highest BCUT2D eigenvalue weighted by Gasteiger charge is 2.42. The molecule has 0 saturated carbocycles. The number of hydrogen-bond donors (Lipinski definition) is 2. The second-order valence-electron chi connectivity index (χ2n) is 7.97. The van der Waals surface area contributed by atoms with E-state index in [9.17, 15) is 19.5 Å². The first kappa shape index (κ1) is 26.9. The van der Waals surface area contributed by atoms with Gasteiger partial charge in [0.05, 0.1) is 13.2 Å². The van der Waals surface area contributed by atoms with Crippen molar-refractivity contribution in [2.24, 2.45) is 0 Å². The van der Waals surface area contributed by atoms with Crippen LogP contribution in [0, 0.1) is 0 Å². The van der Waals surface area contributed by atoms with Crippen molar-refractivity contribution >= 4 is 18.0 Å². The van der Waals surface area contributed by atoms with Crippen LogP contribution in [-0.4, -0.2) is 65.4 Å². The summed E-state index contributed by atoms with van der Waals surface area (Å²) < 4.78 is 10.0. The Hall–Kier alpha value is -2.09. The second kappa shape index (κ2) is 13.2. The monoisotopic (exact) mass is 414 g/mol. The number of carbonyl (C=O) groups is 3. The zero-order chi connectivity index (χ0) is 22.6. The summed E-state index contributed by atoms with van der Waals surface area (Å²) in [5.74, 6) is -0.966. The summed E-state index contributed by atoms with van der Waals surface area (Å²) in [6.07, 6.45) is 2.91. The van der Waals surface area contributed by atoms with Crippen LogP contribution >= 0.6 is 0 Å². The molecule has 2 amide bonds. The number of esters is 1. The largest absolute Gasteiger partial charge is 0.467 e. The van der Waals surface area contributed by atoms with E-state index in [1.807, 2.05) is 0 Å². The molecular formula is C21H38N2O6. The lowest BCUT2D eigenvalue weighted by atomic mass is 10.1. The molecule has 1 aliphatic rings. The molecule has 0 aromatic rings. The van der Waals surface area contributed by atoms with Crippen LogP contribution in [0.2, 0.25) is 0 Å². The Kier molecular flexibility index (Phi) is 12.2. The Morgan fingerprint density at radius 2 is 1.83 bits per heavy atom. The number of hydrogen-bond acceptors (Lipinski definition) is 6. The van der Waals surface area contributed by atoms with Gasteiger partial charge in [0.2, 0.25) is 5.91 Å². The molecule has 0 aromatic heterocycles. The number of unbranched alkanes of at least 4 members (excludes halogenated alkanes) is 3. The SMILES string of the molecule is C=C.CCCCCC[C@H](NC(=O)OC(C)(C)C)C(=O)N1CC(O)CC1C(=O)OC. The Bertz CT molecular complexity index is 532. The van der Waals surface area contributed by atoms with Gasteiger partial charge in [0.25, 0.3) is 0 Å². The van der Waals surface area contributed by atoms with E-state index >= 15 is 0 Å². The van der Waals surface area contributed by atoms with Crippen molar-refractivity contribution in [3.8, 4) is 0 Å². The van der Waals surface area contributed by atoms with Crippen molar-refractivity contribution in [1.29, 1.82) is 0 Å². The van der Waals surface area contributed by atoms with E-state index in [-0.39, 0.29) is 13.0 Å². The highest BCUT2D eigenvalue weighted by atomic mass is 16.6. The van der Waals surface area contributed by atoms with Gasteiger partial charge in [-0.15, -0.1) is 13.2 Å². The van der Waals surface area contributed by atoms with Gasteiger partial charge in [-0.3, -0.25) is 4.79 Å². The summed E-state index contributed by atoms with van der Waals surface area (Å²) in [7, 11) is 1.25. The number of nitrogens with one attached hydrogen (secondary N) is 1. The van der Waals surface area contributed by atoms with Crippen molar-refractivity contribution in [3.05, 3.63) is 13.2 Å². The Labute approximate surface area is 174 Å². The van der Waals surface area contributed by atoms with Crippen LogP contribution in [0.3, 0.4) is 0 Å². The van der Waals surface area contributed by atoms with E-state index in [1.165, 1.54) is 12.0 Å². The second-order valence-corrected chi connectivity index (χ2v) is 7.97. The molecule has 1 saturated heterocycles. The highest BCUT2D eigenvalue weighted by molar-refractivity contribution is 5.90. The molecule has 29 heavy (non-hydrogen) atoms. The van der Waals surface area contributed by atoms with Crippen LogP contribution in [0.5, 0.6) is 0 Å². The van der Waals surface area contributed by atoms with Gasteiger partial charge in [-0.25, -0.2) is 9.59 Å². The third-order valence-electron chi connectivity index (χ3n) is 4.37. The summed E-state index contributed by atoms with van der Waals surface area (Å²) in [4.78, 5) is 38.5. The fraction of sp³-hybridized carbons (Fsp3) is 0.762. The number of β-amino-alcohol motifs (C(OH)–C–C–N with tert-alkyl or cyclic N) is 1. The molecule has 1 rings (SSSR count). The quantitative estimate of drug-likeness (QED) is 0.359. The van der Waals surface area contributed by atoms with E-state index in [1.54, 1.807) is 20.8 Å². The number of likely N-dealkylation sites (tertiary alicyclic amines) is 1. The average Bonchev–Trinajstić information content (AvgIpc) is 3.05. The summed E-state index contributed by atoms with van der Waals surface area (Å²) in [5, 5.41) is 12.5. The first-order valence-electron chi connectivity index (χ1n) is 10.1. The van der Waals surface area contributed by atoms with E-state index in [0.29, 0.717) is 6.42 Å². The predicted octanol–water partition coefficient (Wildman–Crippen LogP) is 2.79. The number of alkyl carbamates (subject to hydrolysis) is 1. The third kappa shape index (κ3) is 9.78. The normalized spacial score (nSPS) is 19.6. The van der Waals surface area contributed by atoms with Gasteiger partial charge in [-0.2, -0.15) is 0 Å². The summed E-state index contributed by atoms with van der Waals surface area (Å²) in [6, 6.07) is -1.65. The van der Waals surface area contributed by atoms with Crippen molar-refractivity contribution in [2.75, 3.05) is 13.7 Å². The van der Waals surface area contributed by atoms with E-state index in [0.717, 1.165) is 25.7 Å². The molecule has 1 fully saturated rings. The number of ether oxygens (including phenoxy) is 2. The van der Waals surface area contributed by atoms with Crippen molar-refractivity contribution < 1.29 is 29.0 Å². The summed E-state index contributed by atoms with van der Waals surface area (Å²) in [6.45, 7) is 13.4. The lowest BCUT2D eigenvalue weighted by Gasteiger charge is -2.28. The van der Waals surface area contributed by atoms with E-state index in [4.69, 9.17) is 9.47 Å². The molecule has 0 bridgehead atoms. The summed E-state index contributed by atoms with van der Waals surface area (Å²) >= 11 is 0. The van der Waals surface area contributed by atoms with Crippen molar-refractivity contribution in [3.63, 3.8) is 0 Å². The lowest BCUT2D eigenvalue weighted by Crippen LogP contribution is -2.52. The molecule has 3 atom stereocenters. The molecule has 1 aliphatic heterocycles. The van der Waals surface area contributed by atoms with Crippen molar-refractivity contribution in [1.82, 2.24) is 10.2 Å². The maximum absolute atomic E-state index is 13.0. The number of rotatable bonds is 8. The lowest BCUT2D eigenvalue weighted by molar-refractivity contribution is -0.151. The van der Waals surface area contributed by atoms with Gasteiger partial charge in [0.15, 0.2) is 0 Å². The molecule has 8 heteroatoms. The van der Waals surface area contributed by atoms with Gasteiger partial charge in [-0.05, 0) is 27.2 Å². The van der Waals surface area contributed by atoms with Gasteiger partial charge in [0.1, 0.15) is 17.7 Å². The van der Waals surface area contributed by atoms with Gasteiger partial charge in [-0.1, -0.05) is 32.6 Å². The number of nitrogens with zero attached hydrogens (tertiary/aromatic N) is 1. The predicted molar refractivity (Wildman–Crippen MR) is 111 cm³/mol. The Morgan fingerprint density at radius 3 is 2.34 bits per heavy atom. The minimum Gasteiger partial charge on any atom is -0.467 e. The molecule has 0 aliphatic carbocycles. The fourth-order valence-corrected chi connectivity index (χ4v) is 3.10. The smallest absolute Gasteiger partial charge is 0.408 e. The number of amides is 2. The fourth-order valence-electron chi connectivity index (χ4n) is 3.10.